The zero-order valence-electron chi connectivity index (χ0n) is 4.74. The summed E-state index contributed by atoms with van der Waals surface area (Å²) in [5, 5.41) is 0. The molecule has 1 rings (SSSR count). The van der Waals surface area contributed by atoms with Crippen molar-refractivity contribution in [2.45, 2.75) is 0 Å². The lowest BCUT2D eigenvalue weighted by Gasteiger charge is -1.96. The van der Waals surface area contributed by atoms with E-state index in [1.165, 1.54) is 0 Å². The summed E-state index contributed by atoms with van der Waals surface area (Å²) in [5.74, 6) is 0.665. The number of anilines is 1. The Morgan fingerprint density at radius 1 is 1.44 bits per heavy atom. The highest BCUT2D eigenvalue weighted by atomic mass is 32.1. The van der Waals surface area contributed by atoms with Gasteiger partial charge in [0.2, 0.25) is 0 Å². The summed E-state index contributed by atoms with van der Waals surface area (Å²) in [6, 6.07) is 7.08. The summed E-state index contributed by atoms with van der Waals surface area (Å²) in [5.41, 5.74) is 6.10. The Kier molecular flexibility index (Phi) is 1.85. The number of nitrogens with two attached hydrogens (primary N) is 1. The van der Waals surface area contributed by atoms with Gasteiger partial charge in [-0.05, 0) is 12.1 Å². The lowest BCUT2D eigenvalue weighted by Crippen LogP contribution is -1.83. The van der Waals surface area contributed by atoms with Crippen LogP contribution in [0.5, 0.6) is 5.75 Å². The van der Waals surface area contributed by atoms with Crippen LogP contribution in [0.15, 0.2) is 24.3 Å². The van der Waals surface area contributed by atoms with Gasteiger partial charge in [-0.3, -0.25) is 0 Å². The van der Waals surface area contributed by atoms with Crippen molar-refractivity contribution >= 4 is 18.6 Å². The second-order valence-electron chi connectivity index (χ2n) is 1.66. The Morgan fingerprint density at radius 3 is 2.67 bits per heavy atom. The zero-order chi connectivity index (χ0) is 6.69. The normalized spacial score (nSPS) is 9.00. The summed E-state index contributed by atoms with van der Waals surface area (Å²) in [6.07, 6.45) is 0. The van der Waals surface area contributed by atoms with E-state index < -0.39 is 0 Å². The molecule has 1 aromatic carbocycles. The van der Waals surface area contributed by atoms with E-state index in [0.717, 1.165) is 0 Å². The smallest absolute Gasteiger partial charge is 0.139 e. The van der Waals surface area contributed by atoms with Gasteiger partial charge in [-0.15, -0.1) is 0 Å². The van der Waals surface area contributed by atoms with E-state index in [0.29, 0.717) is 11.4 Å². The van der Waals surface area contributed by atoms with Crippen molar-refractivity contribution in [3.05, 3.63) is 24.3 Å². The van der Waals surface area contributed by atoms with Crippen LogP contribution in [0.3, 0.4) is 0 Å². The molecule has 0 spiro atoms. The quantitative estimate of drug-likeness (QED) is 0.353. The molecule has 0 aromatic heterocycles. The molecule has 0 radical (unpaired) electrons. The largest absolute Gasteiger partial charge is 0.429 e. The first-order valence-electron chi connectivity index (χ1n) is 2.50. The molecule has 0 atom stereocenters. The van der Waals surface area contributed by atoms with Gasteiger partial charge in [-0.1, -0.05) is 6.07 Å². The molecular weight excluding hydrogens is 134 g/mol. The highest BCUT2D eigenvalue weighted by Crippen LogP contribution is 2.14. The Labute approximate surface area is 59.2 Å². The van der Waals surface area contributed by atoms with E-state index >= 15 is 0 Å². The second-order valence-corrected chi connectivity index (χ2v) is 1.85. The first-order chi connectivity index (χ1) is 4.33. The molecule has 0 unspecified atom stereocenters. The van der Waals surface area contributed by atoms with Gasteiger partial charge in [-0.25, -0.2) is 0 Å². The standard InChI is InChI=1S/C6H7NOS/c7-5-2-1-3-6(4-5)8-9/h1-4,9H,7H2. The molecule has 0 aliphatic carbocycles. The average molecular weight is 141 g/mol. The van der Waals surface area contributed by atoms with Gasteiger partial charge >= 0.3 is 0 Å². The molecule has 0 bridgehead atoms. The van der Waals surface area contributed by atoms with E-state index in [2.05, 4.69) is 17.1 Å². The van der Waals surface area contributed by atoms with Gasteiger partial charge in [0.05, 0.1) is 0 Å². The molecule has 9 heavy (non-hydrogen) atoms. The van der Waals surface area contributed by atoms with Gasteiger partial charge in [0.1, 0.15) is 5.75 Å². The number of hydrogen-bond acceptors (Lipinski definition) is 3. The van der Waals surface area contributed by atoms with Crippen molar-refractivity contribution in [2.75, 3.05) is 5.73 Å². The van der Waals surface area contributed by atoms with E-state index in [4.69, 9.17) is 5.73 Å². The predicted molar refractivity (Wildman–Crippen MR) is 40.5 cm³/mol. The minimum Gasteiger partial charge on any atom is -0.429 e. The Balaban J connectivity index is 2.94. The van der Waals surface area contributed by atoms with Crippen molar-refractivity contribution < 1.29 is 4.18 Å². The maximum Gasteiger partial charge on any atom is 0.139 e. The fraction of sp³-hybridized carbons (Fsp3) is 0. The van der Waals surface area contributed by atoms with Crippen molar-refractivity contribution in [3.63, 3.8) is 0 Å². The summed E-state index contributed by atoms with van der Waals surface area (Å²) in [6.45, 7) is 0. The number of thiol groups is 1. The molecule has 0 saturated heterocycles. The van der Waals surface area contributed by atoms with Crippen LogP contribution in [-0.4, -0.2) is 0 Å². The number of benzene rings is 1. The molecule has 2 N–H and O–H groups in total. The molecule has 0 aliphatic rings. The number of nitrogen functional groups attached to an aromatic ring is 1. The van der Waals surface area contributed by atoms with Gasteiger partial charge in [-0.2, -0.15) is 0 Å². The first-order valence-corrected chi connectivity index (χ1v) is 2.86. The highest BCUT2D eigenvalue weighted by molar-refractivity contribution is 7.75. The fourth-order valence-corrected chi connectivity index (χ4v) is 0.685. The fourth-order valence-electron chi connectivity index (χ4n) is 0.571. The van der Waals surface area contributed by atoms with Crippen molar-refractivity contribution in [1.29, 1.82) is 0 Å². The summed E-state index contributed by atoms with van der Waals surface area (Å²) in [7, 11) is 0. The predicted octanol–water partition coefficient (Wildman–Crippen LogP) is 1.49. The minimum atomic E-state index is 0.665. The van der Waals surface area contributed by atoms with Crippen LogP contribution >= 0.6 is 12.9 Å². The summed E-state index contributed by atoms with van der Waals surface area (Å²) < 4.78 is 4.61. The zero-order valence-corrected chi connectivity index (χ0v) is 5.64. The third-order valence-corrected chi connectivity index (χ3v) is 1.17. The molecule has 0 saturated carbocycles. The van der Waals surface area contributed by atoms with Crippen LogP contribution in [0, 0.1) is 0 Å². The van der Waals surface area contributed by atoms with E-state index in [1.807, 2.05) is 0 Å². The maximum absolute atomic E-state index is 5.42. The van der Waals surface area contributed by atoms with Crippen molar-refractivity contribution in [1.82, 2.24) is 0 Å². The summed E-state index contributed by atoms with van der Waals surface area (Å²) in [4.78, 5) is 0. The Morgan fingerprint density at radius 2 is 2.22 bits per heavy atom. The highest BCUT2D eigenvalue weighted by Gasteiger charge is 1.88. The van der Waals surface area contributed by atoms with Crippen molar-refractivity contribution in [2.24, 2.45) is 0 Å². The molecule has 0 aliphatic heterocycles. The average Bonchev–Trinajstić information content (AvgIpc) is 1.88. The van der Waals surface area contributed by atoms with Crippen LogP contribution in [0.2, 0.25) is 0 Å². The summed E-state index contributed by atoms with van der Waals surface area (Å²) >= 11 is 3.60. The Bertz CT molecular complexity index is 202. The molecule has 48 valence electrons. The van der Waals surface area contributed by atoms with Crippen LogP contribution in [-0.2, 0) is 0 Å². The van der Waals surface area contributed by atoms with Crippen LogP contribution in [0.1, 0.15) is 0 Å². The van der Waals surface area contributed by atoms with Crippen LogP contribution in [0.25, 0.3) is 0 Å². The molecule has 0 fully saturated rings. The Hall–Kier alpha value is -0.830. The van der Waals surface area contributed by atoms with E-state index in [9.17, 15) is 0 Å². The molecule has 0 amide bonds. The SMILES string of the molecule is Nc1cccc(OS)c1. The van der Waals surface area contributed by atoms with E-state index in [-0.39, 0.29) is 0 Å². The van der Waals surface area contributed by atoms with E-state index in [1.54, 1.807) is 24.3 Å². The molecule has 3 heteroatoms. The monoisotopic (exact) mass is 141 g/mol. The maximum atomic E-state index is 5.42. The topological polar surface area (TPSA) is 35.2 Å². The lowest BCUT2D eigenvalue weighted by molar-refractivity contribution is 0.659. The number of rotatable bonds is 1. The van der Waals surface area contributed by atoms with Gasteiger partial charge in [0.15, 0.2) is 0 Å². The molecule has 1 aromatic rings. The molecular formula is C6H7NOS. The van der Waals surface area contributed by atoms with Gasteiger partial charge in [0, 0.05) is 24.7 Å². The number of hydrogen-bond donors (Lipinski definition) is 2. The van der Waals surface area contributed by atoms with Gasteiger partial charge in [0.25, 0.3) is 0 Å². The third kappa shape index (κ3) is 1.54. The third-order valence-electron chi connectivity index (χ3n) is 0.964. The first kappa shape index (κ1) is 6.29. The second kappa shape index (κ2) is 2.64. The van der Waals surface area contributed by atoms with Crippen LogP contribution in [0.4, 0.5) is 5.69 Å². The molecule has 0 heterocycles. The van der Waals surface area contributed by atoms with Crippen LogP contribution < -0.4 is 9.92 Å². The lowest BCUT2D eigenvalue weighted by atomic mass is 10.3. The minimum absolute atomic E-state index is 0.665. The van der Waals surface area contributed by atoms with Crippen molar-refractivity contribution in [3.8, 4) is 5.75 Å². The van der Waals surface area contributed by atoms with Gasteiger partial charge < -0.3 is 9.92 Å². The molecule has 2 nitrogen and oxygen atoms in total.